The van der Waals surface area contributed by atoms with Gasteiger partial charge in [0.2, 0.25) is 6.36 Å². The lowest BCUT2D eigenvalue weighted by Crippen LogP contribution is -2.41. The summed E-state index contributed by atoms with van der Waals surface area (Å²) < 4.78 is 33.0. The third-order valence-corrected chi connectivity index (χ3v) is 4.48. The zero-order valence-corrected chi connectivity index (χ0v) is 10.8. The van der Waals surface area contributed by atoms with Crippen molar-refractivity contribution in [2.75, 3.05) is 18.1 Å². The van der Waals surface area contributed by atoms with Crippen LogP contribution in [0.5, 0.6) is 0 Å². The second kappa shape index (κ2) is 4.35. The molecule has 7 heteroatoms. The minimum absolute atomic E-state index is 0.0273. The van der Waals surface area contributed by atoms with Gasteiger partial charge in [0.25, 0.3) is 0 Å². The molecule has 2 aliphatic heterocycles. The second-order valence-corrected chi connectivity index (χ2v) is 5.73. The summed E-state index contributed by atoms with van der Waals surface area (Å²) in [5.41, 5.74) is 11.0. The number of amidine groups is 1. The molecule has 0 aromatic heterocycles. The maximum absolute atomic E-state index is 14.1. The van der Waals surface area contributed by atoms with E-state index in [-0.39, 0.29) is 12.2 Å². The molecule has 2 aliphatic rings. The predicted molar refractivity (Wildman–Crippen MR) is 70.9 cm³/mol. The van der Waals surface area contributed by atoms with E-state index in [0.717, 1.165) is 0 Å². The Morgan fingerprint density at radius 2 is 2.21 bits per heavy atom. The molecule has 4 nitrogen and oxygen atoms in total. The fourth-order valence-corrected chi connectivity index (χ4v) is 3.60. The molecule has 0 amide bonds. The van der Waals surface area contributed by atoms with Crippen LogP contribution in [0.1, 0.15) is 5.56 Å². The van der Waals surface area contributed by atoms with E-state index in [4.69, 9.17) is 16.2 Å². The van der Waals surface area contributed by atoms with Crippen molar-refractivity contribution in [1.82, 2.24) is 0 Å². The van der Waals surface area contributed by atoms with E-state index in [1.807, 2.05) is 0 Å². The van der Waals surface area contributed by atoms with Crippen LogP contribution >= 0.6 is 11.8 Å². The number of nitrogen functional groups attached to an aromatic ring is 1. The monoisotopic (exact) mass is 285 g/mol. The first-order chi connectivity index (χ1) is 9.03. The Bertz CT molecular complexity index is 554. The van der Waals surface area contributed by atoms with Crippen LogP contribution < -0.4 is 11.5 Å². The first-order valence-electron chi connectivity index (χ1n) is 5.82. The van der Waals surface area contributed by atoms with E-state index in [1.165, 1.54) is 30.0 Å². The molecule has 1 unspecified atom stereocenters. The van der Waals surface area contributed by atoms with Crippen molar-refractivity contribution in [2.45, 2.75) is 11.9 Å². The van der Waals surface area contributed by atoms with E-state index in [1.54, 1.807) is 0 Å². The lowest BCUT2D eigenvalue weighted by molar-refractivity contribution is -0.00964. The molecule has 1 saturated heterocycles. The third kappa shape index (κ3) is 1.88. The number of anilines is 1. The van der Waals surface area contributed by atoms with E-state index in [0.29, 0.717) is 16.6 Å². The molecule has 2 heterocycles. The maximum atomic E-state index is 14.1. The Kier molecular flexibility index (Phi) is 2.90. The van der Waals surface area contributed by atoms with Crippen LogP contribution in [0.25, 0.3) is 0 Å². The van der Waals surface area contributed by atoms with Crippen molar-refractivity contribution < 1.29 is 13.5 Å². The summed E-state index contributed by atoms with van der Waals surface area (Å²) in [6.45, 7) is -0.0273. The van der Waals surface area contributed by atoms with Gasteiger partial charge in [-0.1, -0.05) is 11.8 Å². The first-order valence-corrected chi connectivity index (χ1v) is 6.81. The molecule has 0 aliphatic carbocycles. The lowest BCUT2D eigenvalue weighted by atomic mass is 9.81. The minimum Gasteiger partial charge on any atom is -0.399 e. The summed E-state index contributed by atoms with van der Waals surface area (Å²) >= 11 is 1.26. The average Bonchev–Trinajstić information content (AvgIpc) is 2.70. The fourth-order valence-electron chi connectivity index (χ4n) is 2.59. The number of nitrogens with two attached hydrogens (primary N) is 2. The molecular formula is C12H13F2N3OS. The van der Waals surface area contributed by atoms with Crippen LogP contribution in [-0.4, -0.2) is 23.9 Å². The standard InChI is InChI=1S/C12H13F2N3OS/c13-9-2-1-6(15)3-7(9)12-5-18-10(14)8(12)4-19-11(16)17-12/h1-3,8,10H,4-5,15H2,(H2,16,17)/t8-,10?,12-/m1/s1. The molecule has 1 fully saturated rings. The van der Waals surface area contributed by atoms with Crippen LogP contribution in [0.15, 0.2) is 23.2 Å². The summed E-state index contributed by atoms with van der Waals surface area (Å²) in [5.74, 6) is -0.619. The van der Waals surface area contributed by atoms with Crippen molar-refractivity contribution in [3.05, 3.63) is 29.6 Å². The average molecular weight is 285 g/mol. The maximum Gasteiger partial charge on any atom is 0.205 e. The number of ether oxygens (including phenoxy) is 1. The third-order valence-electron chi connectivity index (χ3n) is 3.57. The summed E-state index contributed by atoms with van der Waals surface area (Å²) in [4.78, 5) is 4.30. The fraction of sp³-hybridized carbons (Fsp3) is 0.417. The molecule has 19 heavy (non-hydrogen) atoms. The van der Waals surface area contributed by atoms with E-state index in [2.05, 4.69) is 4.99 Å². The highest BCUT2D eigenvalue weighted by atomic mass is 32.2. The number of hydrogen-bond donors (Lipinski definition) is 2. The molecule has 1 aromatic carbocycles. The van der Waals surface area contributed by atoms with Gasteiger partial charge in [0, 0.05) is 17.0 Å². The number of nitrogens with zero attached hydrogens (tertiary/aromatic N) is 1. The molecule has 4 N–H and O–H groups in total. The summed E-state index contributed by atoms with van der Waals surface area (Å²) in [6, 6.07) is 4.20. The van der Waals surface area contributed by atoms with Crippen molar-refractivity contribution in [3.8, 4) is 0 Å². The number of fused-ring (bicyclic) bond motifs is 1. The van der Waals surface area contributed by atoms with E-state index in [9.17, 15) is 8.78 Å². The van der Waals surface area contributed by atoms with Crippen LogP contribution in [0, 0.1) is 11.7 Å². The largest absolute Gasteiger partial charge is 0.399 e. The summed E-state index contributed by atoms with van der Waals surface area (Å²) in [7, 11) is 0. The Balaban J connectivity index is 2.18. The van der Waals surface area contributed by atoms with Gasteiger partial charge in [-0.2, -0.15) is 0 Å². The highest BCUT2D eigenvalue weighted by Gasteiger charge is 2.54. The summed E-state index contributed by atoms with van der Waals surface area (Å²) in [5, 5.41) is 0.316. The number of thioether (sulfide) groups is 1. The van der Waals surface area contributed by atoms with Gasteiger partial charge in [0.1, 0.15) is 11.4 Å². The van der Waals surface area contributed by atoms with Crippen molar-refractivity contribution >= 4 is 22.6 Å². The zero-order chi connectivity index (χ0) is 13.6. The van der Waals surface area contributed by atoms with Crippen LogP contribution in [0.2, 0.25) is 0 Å². The molecule has 102 valence electrons. The number of hydrogen-bond acceptors (Lipinski definition) is 5. The van der Waals surface area contributed by atoms with Crippen molar-refractivity contribution in [2.24, 2.45) is 16.6 Å². The van der Waals surface area contributed by atoms with Crippen molar-refractivity contribution in [3.63, 3.8) is 0 Å². The van der Waals surface area contributed by atoms with Crippen molar-refractivity contribution in [1.29, 1.82) is 0 Å². The highest BCUT2D eigenvalue weighted by molar-refractivity contribution is 8.13. The number of aliphatic imine (C=N–C) groups is 1. The van der Waals surface area contributed by atoms with Gasteiger partial charge >= 0.3 is 0 Å². The summed E-state index contributed by atoms with van der Waals surface area (Å²) in [6.07, 6.45) is -1.47. The Morgan fingerprint density at radius 3 is 3.00 bits per heavy atom. The molecule has 3 rings (SSSR count). The van der Waals surface area contributed by atoms with Crippen LogP contribution in [0.4, 0.5) is 14.5 Å². The molecule has 0 spiro atoms. The van der Waals surface area contributed by atoms with Gasteiger partial charge in [-0.25, -0.2) is 13.8 Å². The number of benzene rings is 1. The SMILES string of the molecule is NC1=N[C@@]2(c3cc(N)ccc3F)COC(F)[C@H]2CS1. The highest BCUT2D eigenvalue weighted by Crippen LogP contribution is 2.48. The molecule has 3 atom stereocenters. The van der Waals surface area contributed by atoms with Gasteiger partial charge in [-0.15, -0.1) is 0 Å². The Labute approximate surface area is 113 Å². The minimum atomic E-state index is -1.47. The van der Waals surface area contributed by atoms with Gasteiger partial charge in [0.05, 0.1) is 12.5 Å². The lowest BCUT2D eigenvalue weighted by Gasteiger charge is -2.34. The van der Waals surface area contributed by atoms with Crippen LogP contribution in [0.3, 0.4) is 0 Å². The molecular weight excluding hydrogens is 272 g/mol. The van der Waals surface area contributed by atoms with E-state index < -0.39 is 23.6 Å². The van der Waals surface area contributed by atoms with Gasteiger partial charge in [-0.05, 0) is 18.2 Å². The molecule has 1 aromatic rings. The Morgan fingerprint density at radius 1 is 1.42 bits per heavy atom. The second-order valence-electron chi connectivity index (χ2n) is 4.69. The number of alkyl halides is 1. The quantitative estimate of drug-likeness (QED) is 0.769. The topological polar surface area (TPSA) is 73.6 Å². The molecule has 0 bridgehead atoms. The van der Waals surface area contributed by atoms with Gasteiger partial charge < -0.3 is 16.2 Å². The van der Waals surface area contributed by atoms with Gasteiger partial charge in [0.15, 0.2) is 5.17 Å². The Hall–Kier alpha value is -1.34. The van der Waals surface area contributed by atoms with Gasteiger partial charge in [-0.3, -0.25) is 0 Å². The first kappa shape index (κ1) is 12.7. The van der Waals surface area contributed by atoms with E-state index >= 15 is 0 Å². The zero-order valence-electron chi connectivity index (χ0n) is 9.98. The number of halogens is 2. The normalized spacial score (nSPS) is 33.9. The van der Waals surface area contributed by atoms with Crippen LogP contribution in [-0.2, 0) is 10.3 Å². The predicted octanol–water partition coefficient (Wildman–Crippen LogP) is 1.61. The smallest absolute Gasteiger partial charge is 0.205 e. The number of rotatable bonds is 1. The molecule has 0 saturated carbocycles. The molecule has 0 radical (unpaired) electrons.